The van der Waals surface area contributed by atoms with Gasteiger partial charge in [0, 0.05) is 44.7 Å². The first-order chi connectivity index (χ1) is 14.7. The summed E-state index contributed by atoms with van der Waals surface area (Å²) in [6, 6.07) is 10.2. The monoisotopic (exact) mass is 428 g/mol. The van der Waals surface area contributed by atoms with Crippen molar-refractivity contribution in [1.29, 1.82) is 0 Å². The van der Waals surface area contributed by atoms with E-state index in [0.29, 0.717) is 13.1 Å². The number of piperazine rings is 1. The summed E-state index contributed by atoms with van der Waals surface area (Å²) in [5.41, 5.74) is 2.35. The van der Waals surface area contributed by atoms with Gasteiger partial charge in [0.25, 0.3) is 0 Å². The number of anilines is 1. The first-order valence-corrected chi connectivity index (χ1v) is 11.8. The molecule has 2 aliphatic rings. The zero-order chi connectivity index (χ0) is 20.8. The van der Waals surface area contributed by atoms with Gasteiger partial charge in [0.2, 0.25) is 5.91 Å². The Balaban J connectivity index is 1.44. The number of carbonyl (C=O) groups excluding carboxylic acids is 1. The Kier molecular flexibility index (Phi) is 7.49. The third-order valence-corrected chi connectivity index (χ3v) is 7.17. The highest BCUT2D eigenvalue weighted by molar-refractivity contribution is 7.15. The summed E-state index contributed by atoms with van der Waals surface area (Å²) in [4.78, 5) is 26.3. The van der Waals surface area contributed by atoms with E-state index in [0.717, 1.165) is 62.9 Å². The highest BCUT2D eigenvalue weighted by Crippen LogP contribution is 2.32. The van der Waals surface area contributed by atoms with E-state index in [1.165, 1.54) is 23.4 Å². The zero-order valence-electron chi connectivity index (χ0n) is 17.9. The number of benzene rings is 1. The predicted octanol–water partition coefficient (Wildman–Crippen LogP) is 2.82. The number of ether oxygens (including phenoxy) is 1. The lowest BCUT2D eigenvalue weighted by Gasteiger charge is -2.35. The van der Waals surface area contributed by atoms with Crippen molar-refractivity contribution >= 4 is 22.4 Å². The summed E-state index contributed by atoms with van der Waals surface area (Å²) in [6.07, 6.45) is 4.58. The average molecular weight is 429 g/mol. The van der Waals surface area contributed by atoms with E-state index in [2.05, 4.69) is 21.9 Å². The molecule has 4 rings (SSSR count). The fourth-order valence-electron chi connectivity index (χ4n) is 4.15. The number of hydrogen-bond donors (Lipinski definition) is 0. The topological polar surface area (TPSA) is 48.9 Å². The minimum Gasteiger partial charge on any atom is -0.383 e. The number of aryl methyl sites for hydroxylation is 2. The van der Waals surface area contributed by atoms with Gasteiger partial charge in [0.15, 0.2) is 5.13 Å². The predicted molar refractivity (Wildman–Crippen MR) is 121 cm³/mol. The second kappa shape index (κ2) is 10.5. The third-order valence-electron chi connectivity index (χ3n) is 5.99. The van der Waals surface area contributed by atoms with Gasteiger partial charge < -0.3 is 4.74 Å². The van der Waals surface area contributed by atoms with Crippen LogP contribution in [-0.2, 0) is 28.9 Å². The van der Waals surface area contributed by atoms with Gasteiger partial charge in [-0.25, -0.2) is 4.98 Å². The van der Waals surface area contributed by atoms with E-state index >= 15 is 0 Å². The lowest BCUT2D eigenvalue weighted by molar-refractivity contribution is -0.120. The Hall–Kier alpha value is -1.80. The van der Waals surface area contributed by atoms with E-state index in [1.807, 2.05) is 23.1 Å². The number of nitrogens with zero attached hydrogens (tertiary/aromatic N) is 4. The van der Waals surface area contributed by atoms with Gasteiger partial charge in [-0.1, -0.05) is 30.3 Å². The summed E-state index contributed by atoms with van der Waals surface area (Å²) in [5.74, 6) is 0.148. The summed E-state index contributed by atoms with van der Waals surface area (Å²) in [6.45, 7) is 6.57. The van der Waals surface area contributed by atoms with E-state index in [4.69, 9.17) is 9.72 Å². The number of hydrogen-bond acceptors (Lipinski definition) is 6. The van der Waals surface area contributed by atoms with Crippen LogP contribution in [0.1, 0.15) is 29.0 Å². The quantitative estimate of drug-likeness (QED) is 0.647. The Bertz CT molecular complexity index is 794. The van der Waals surface area contributed by atoms with Crippen molar-refractivity contribution in [1.82, 2.24) is 14.8 Å². The second-order valence-corrected chi connectivity index (χ2v) is 9.21. The van der Waals surface area contributed by atoms with Crippen molar-refractivity contribution in [3.8, 4) is 0 Å². The number of thiazole rings is 1. The van der Waals surface area contributed by atoms with Crippen LogP contribution in [0.4, 0.5) is 5.13 Å². The van der Waals surface area contributed by atoms with Crippen molar-refractivity contribution in [2.45, 2.75) is 32.2 Å². The van der Waals surface area contributed by atoms with Crippen LogP contribution >= 0.6 is 11.3 Å². The Morgan fingerprint density at radius 3 is 2.57 bits per heavy atom. The molecule has 1 aromatic heterocycles. The van der Waals surface area contributed by atoms with Crippen LogP contribution in [0.2, 0.25) is 0 Å². The van der Waals surface area contributed by atoms with E-state index < -0.39 is 0 Å². The number of carbonyl (C=O) groups is 1. The van der Waals surface area contributed by atoms with Crippen molar-refractivity contribution in [3.05, 3.63) is 46.5 Å². The highest BCUT2D eigenvalue weighted by Gasteiger charge is 2.26. The van der Waals surface area contributed by atoms with Gasteiger partial charge in [-0.15, -0.1) is 11.3 Å². The minimum absolute atomic E-state index is 0.148. The second-order valence-electron chi connectivity index (χ2n) is 8.15. The molecule has 0 unspecified atom stereocenters. The molecule has 0 saturated carbocycles. The molecule has 1 aromatic carbocycles. The van der Waals surface area contributed by atoms with Crippen LogP contribution in [0.3, 0.4) is 0 Å². The minimum atomic E-state index is 0.148. The number of amides is 1. The molecule has 0 atom stereocenters. The van der Waals surface area contributed by atoms with E-state index in [1.54, 1.807) is 18.4 Å². The zero-order valence-corrected chi connectivity index (χ0v) is 18.7. The van der Waals surface area contributed by atoms with Crippen LogP contribution in [0.25, 0.3) is 0 Å². The van der Waals surface area contributed by atoms with Gasteiger partial charge in [-0.3, -0.25) is 19.5 Å². The summed E-state index contributed by atoms with van der Waals surface area (Å²) in [7, 11) is 1.74. The van der Waals surface area contributed by atoms with Crippen LogP contribution < -0.4 is 4.90 Å². The molecule has 0 spiro atoms. The fraction of sp³-hybridized carbons (Fsp3) is 0.565. The van der Waals surface area contributed by atoms with E-state index in [9.17, 15) is 4.79 Å². The molecule has 30 heavy (non-hydrogen) atoms. The number of rotatable bonds is 8. The normalized spacial score (nSPS) is 17.6. The standard InChI is InChI=1S/C23H32N4O2S/c1-29-16-15-25-11-13-26(14-12-25)18-22(28)27(17-19-7-3-2-4-8-19)23-24-20-9-5-6-10-21(20)30-23/h2-4,7-8H,5-6,9-18H2,1H3. The maximum Gasteiger partial charge on any atom is 0.243 e. The molecule has 7 heteroatoms. The molecule has 2 aromatic rings. The third kappa shape index (κ3) is 5.46. The first-order valence-electron chi connectivity index (χ1n) is 11.0. The average Bonchev–Trinajstić information content (AvgIpc) is 3.21. The molecule has 6 nitrogen and oxygen atoms in total. The molecule has 1 saturated heterocycles. The molecule has 162 valence electrons. The Morgan fingerprint density at radius 1 is 1.10 bits per heavy atom. The SMILES string of the molecule is COCCN1CCN(CC(=O)N(Cc2ccccc2)c2nc3c(s2)CCCC3)CC1. The van der Waals surface area contributed by atoms with Gasteiger partial charge in [-0.05, 0) is 31.2 Å². The van der Waals surface area contributed by atoms with Crippen molar-refractivity contribution < 1.29 is 9.53 Å². The van der Waals surface area contributed by atoms with Gasteiger partial charge >= 0.3 is 0 Å². The molecule has 0 radical (unpaired) electrons. The highest BCUT2D eigenvalue weighted by atomic mass is 32.1. The largest absolute Gasteiger partial charge is 0.383 e. The summed E-state index contributed by atoms with van der Waals surface area (Å²) in [5, 5.41) is 0.870. The van der Waals surface area contributed by atoms with Crippen LogP contribution in [-0.4, -0.2) is 73.7 Å². The fourth-order valence-corrected chi connectivity index (χ4v) is 5.32. The number of fused-ring (bicyclic) bond motifs is 1. The summed E-state index contributed by atoms with van der Waals surface area (Å²) >= 11 is 1.72. The van der Waals surface area contributed by atoms with Gasteiger partial charge in [0.05, 0.1) is 25.4 Å². The first kappa shape index (κ1) is 21.4. The van der Waals surface area contributed by atoms with Crippen molar-refractivity contribution in [3.63, 3.8) is 0 Å². The molecule has 0 bridgehead atoms. The van der Waals surface area contributed by atoms with Gasteiger partial charge in [-0.2, -0.15) is 0 Å². The lowest BCUT2D eigenvalue weighted by atomic mass is 10.0. The van der Waals surface area contributed by atoms with Gasteiger partial charge in [0.1, 0.15) is 0 Å². The molecule has 0 N–H and O–H groups in total. The van der Waals surface area contributed by atoms with Crippen LogP contribution in [0.15, 0.2) is 30.3 Å². The maximum atomic E-state index is 13.4. The smallest absolute Gasteiger partial charge is 0.243 e. The van der Waals surface area contributed by atoms with E-state index in [-0.39, 0.29) is 5.91 Å². The lowest BCUT2D eigenvalue weighted by Crippen LogP contribution is -2.50. The molecular formula is C23H32N4O2S. The molecule has 1 aliphatic carbocycles. The number of methoxy groups -OCH3 is 1. The van der Waals surface area contributed by atoms with Crippen LogP contribution in [0.5, 0.6) is 0 Å². The molecule has 1 aliphatic heterocycles. The summed E-state index contributed by atoms with van der Waals surface area (Å²) < 4.78 is 5.19. The maximum absolute atomic E-state index is 13.4. The van der Waals surface area contributed by atoms with Crippen LogP contribution in [0, 0.1) is 0 Å². The van der Waals surface area contributed by atoms with Crippen molar-refractivity contribution in [2.75, 3.05) is 57.9 Å². The Labute approximate surface area is 183 Å². The molecular weight excluding hydrogens is 396 g/mol. The number of aromatic nitrogens is 1. The molecule has 1 fully saturated rings. The Morgan fingerprint density at radius 2 is 1.83 bits per heavy atom. The molecule has 1 amide bonds. The van der Waals surface area contributed by atoms with Crippen molar-refractivity contribution in [2.24, 2.45) is 0 Å². The molecule has 2 heterocycles.